The Hall–Kier alpha value is -2.32. The average Bonchev–Trinajstić information content (AvgIpc) is 2.49. The topological polar surface area (TPSA) is 98.1 Å². The van der Waals surface area contributed by atoms with Crippen molar-refractivity contribution in [2.45, 2.75) is 18.4 Å². The van der Waals surface area contributed by atoms with E-state index in [1.54, 1.807) is 6.07 Å². The number of hydrogen-bond acceptors (Lipinski definition) is 5. The summed E-state index contributed by atoms with van der Waals surface area (Å²) >= 11 is 0. The van der Waals surface area contributed by atoms with E-state index in [0.29, 0.717) is 5.56 Å². The van der Waals surface area contributed by atoms with Crippen LogP contribution in [-0.4, -0.2) is 30.5 Å². The lowest BCUT2D eigenvalue weighted by Crippen LogP contribution is -2.31. The Balaban J connectivity index is 2.09. The van der Waals surface area contributed by atoms with Gasteiger partial charge in [-0.25, -0.2) is 17.8 Å². The van der Waals surface area contributed by atoms with E-state index in [1.165, 1.54) is 43.5 Å². The van der Waals surface area contributed by atoms with Crippen LogP contribution < -0.4 is 10.3 Å². The normalized spacial score (nSPS) is 11.3. The van der Waals surface area contributed by atoms with Gasteiger partial charge >= 0.3 is 0 Å². The van der Waals surface area contributed by atoms with E-state index >= 15 is 0 Å². The third-order valence-electron chi connectivity index (χ3n) is 2.95. The second kappa shape index (κ2) is 6.63. The van der Waals surface area contributed by atoms with Gasteiger partial charge in [0, 0.05) is 24.4 Å². The molecule has 116 valence electrons. The maximum absolute atomic E-state index is 12.2. The van der Waals surface area contributed by atoms with Gasteiger partial charge < -0.3 is 0 Å². The van der Waals surface area contributed by atoms with Crippen molar-refractivity contribution in [3.8, 4) is 0 Å². The molecule has 0 bridgehead atoms. The molecular formula is C14H15N3O4S. The van der Waals surface area contributed by atoms with Crippen molar-refractivity contribution in [1.82, 2.24) is 14.5 Å². The van der Waals surface area contributed by atoms with E-state index in [0.717, 1.165) is 4.68 Å². The van der Waals surface area contributed by atoms with E-state index in [2.05, 4.69) is 9.82 Å². The first-order chi connectivity index (χ1) is 10.4. The molecule has 2 aromatic rings. The van der Waals surface area contributed by atoms with Crippen LogP contribution >= 0.6 is 0 Å². The van der Waals surface area contributed by atoms with Crippen LogP contribution in [0.3, 0.4) is 0 Å². The molecule has 0 aliphatic heterocycles. The Morgan fingerprint density at radius 3 is 2.73 bits per heavy atom. The third kappa shape index (κ3) is 3.86. The Bertz CT molecular complexity index is 843. The van der Waals surface area contributed by atoms with Gasteiger partial charge in [-0.3, -0.25) is 9.59 Å². The fraction of sp³-hybridized carbons (Fsp3) is 0.214. The Morgan fingerprint density at radius 1 is 1.27 bits per heavy atom. The van der Waals surface area contributed by atoms with Crippen molar-refractivity contribution >= 4 is 15.8 Å². The predicted octanol–water partition coefficient (Wildman–Crippen LogP) is 0.424. The maximum atomic E-state index is 12.2. The summed E-state index contributed by atoms with van der Waals surface area (Å²) in [4.78, 5) is 22.8. The number of hydrogen-bond donors (Lipinski definition) is 1. The molecule has 1 aromatic carbocycles. The zero-order valence-corrected chi connectivity index (χ0v) is 12.7. The number of carbonyl (C=O) groups is 1. The minimum atomic E-state index is -3.74. The van der Waals surface area contributed by atoms with Crippen LogP contribution in [0.1, 0.15) is 17.3 Å². The molecule has 0 fully saturated rings. The van der Waals surface area contributed by atoms with Gasteiger partial charge in [0.1, 0.15) is 0 Å². The molecule has 1 aromatic heterocycles. The van der Waals surface area contributed by atoms with Gasteiger partial charge in [-0.15, -0.1) is 0 Å². The van der Waals surface area contributed by atoms with Crippen molar-refractivity contribution < 1.29 is 13.2 Å². The monoisotopic (exact) mass is 321 g/mol. The molecule has 0 saturated carbocycles. The van der Waals surface area contributed by atoms with Gasteiger partial charge in [0.25, 0.3) is 5.56 Å². The molecule has 1 N–H and O–H groups in total. The smallest absolute Gasteiger partial charge is 0.266 e. The van der Waals surface area contributed by atoms with E-state index in [9.17, 15) is 18.0 Å². The molecule has 1 heterocycles. The zero-order chi connectivity index (χ0) is 16.2. The number of rotatable bonds is 6. The lowest BCUT2D eigenvalue weighted by Gasteiger charge is -2.08. The first-order valence-corrected chi connectivity index (χ1v) is 8.01. The van der Waals surface area contributed by atoms with E-state index in [4.69, 9.17) is 0 Å². The van der Waals surface area contributed by atoms with Crippen LogP contribution in [-0.2, 0) is 16.6 Å². The number of aromatic nitrogens is 2. The number of nitrogens with zero attached hydrogens (tertiary/aromatic N) is 2. The highest BCUT2D eigenvalue weighted by Gasteiger charge is 2.14. The van der Waals surface area contributed by atoms with Crippen molar-refractivity contribution in [2.75, 3.05) is 6.54 Å². The summed E-state index contributed by atoms with van der Waals surface area (Å²) in [6, 6.07) is 8.64. The summed E-state index contributed by atoms with van der Waals surface area (Å²) in [6.45, 7) is 1.50. The largest absolute Gasteiger partial charge is 0.295 e. The van der Waals surface area contributed by atoms with Gasteiger partial charge in [-0.1, -0.05) is 12.1 Å². The molecule has 0 unspecified atom stereocenters. The van der Waals surface area contributed by atoms with Gasteiger partial charge in [-0.2, -0.15) is 5.10 Å². The molecule has 8 heteroatoms. The first-order valence-electron chi connectivity index (χ1n) is 6.53. The van der Waals surface area contributed by atoms with Crippen LogP contribution in [0, 0.1) is 0 Å². The molecule has 0 atom stereocenters. The highest BCUT2D eigenvalue weighted by atomic mass is 32.2. The summed E-state index contributed by atoms with van der Waals surface area (Å²) in [5.41, 5.74) is 0.0177. The van der Waals surface area contributed by atoms with Crippen molar-refractivity contribution in [3.63, 3.8) is 0 Å². The number of nitrogens with one attached hydrogen (secondary N) is 1. The summed E-state index contributed by atoms with van der Waals surface area (Å²) in [5.74, 6) is -0.211. The Labute approximate surface area is 127 Å². The fourth-order valence-corrected chi connectivity index (χ4v) is 2.87. The lowest BCUT2D eigenvalue weighted by molar-refractivity contribution is 0.101. The molecular weight excluding hydrogens is 306 g/mol. The fourth-order valence-electron chi connectivity index (χ4n) is 1.81. The van der Waals surface area contributed by atoms with Gasteiger partial charge in [0.05, 0.1) is 11.4 Å². The predicted molar refractivity (Wildman–Crippen MR) is 80.1 cm³/mol. The maximum Gasteiger partial charge on any atom is 0.266 e. The minimum absolute atomic E-state index is 0.00793. The van der Waals surface area contributed by atoms with Gasteiger partial charge in [0.2, 0.25) is 10.0 Å². The second-order valence-electron chi connectivity index (χ2n) is 4.57. The van der Waals surface area contributed by atoms with Crippen LogP contribution in [0.25, 0.3) is 0 Å². The standard InChI is InChI=1S/C14H15N3O4S/c1-11(18)12-4-2-5-13(10-12)22(20,21)16-8-9-17-14(19)6-3-7-15-17/h2-7,10,16H,8-9H2,1H3. The quantitative estimate of drug-likeness (QED) is 0.778. The summed E-state index contributed by atoms with van der Waals surface area (Å²) in [5, 5.41) is 3.83. The van der Waals surface area contributed by atoms with E-state index in [-0.39, 0.29) is 29.3 Å². The van der Waals surface area contributed by atoms with Gasteiger partial charge in [0.15, 0.2) is 5.78 Å². The average molecular weight is 321 g/mol. The van der Waals surface area contributed by atoms with Crippen molar-refractivity contribution in [2.24, 2.45) is 0 Å². The summed E-state index contributed by atoms with van der Waals surface area (Å²) in [7, 11) is -3.74. The molecule has 0 radical (unpaired) electrons. The van der Waals surface area contributed by atoms with Crippen molar-refractivity contribution in [1.29, 1.82) is 0 Å². The number of benzene rings is 1. The SMILES string of the molecule is CC(=O)c1cccc(S(=O)(=O)NCCn2ncccc2=O)c1. The van der Waals surface area contributed by atoms with Crippen LogP contribution in [0.4, 0.5) is 0 Å². The van der Waals surface area contributed by atoms with E-state index in [1.807, 2.05) is 0 Å². The molecule has 0 aliphatic rings. The zero-order valence-electron chi connectivity index (χ0n) is 11.9. The molecule has 0 saturated heterocycles. The molecule has 2 rings (SSSR count). The minimum Gasteiger partial charge on any atom is -0.295 e. The van der Waals surface area contributed by atoms with E-state index < -0.39 is 10.0 Å². The summed E-state index contributed by atoms with van der Waals surface area (Å²) in [6.07, 6.45) is 1.45. The van der Waals surface area contributed by atoms with Crippen LogP contribution in [0.15, 0.2) is 52.3 Å². The highest BCUT2D eigenvalue weighted by Crippen LogP contribution is 2.11. The second-order valence-corrected chi connectivity index (χ2v) is 6.33. The molecule has 0 spiro atoms. The van der Waals surface area contributed by atoms with Crippen molar-refractivity contribution in [3.05, 3.63) is 58.5 Å². The molecule has 7 nitrogen and oxygen atoms in total. The Kier molecular flexibility index (Phi) is 4.84. The van der Waals surface area contributed by atoms with Crippen LogP contribution in [0.2, 0.25) is 0 Å². The van der Waals surface area contributed by atoms with Gasteiger partial charge in [-0.05, 0) is 25.1 Å². The lowest BCUT2D eigenvalue weighted by atomic mass is 10.2. The number of sulfonamides is 1. The molecule has 0 amide bonds. The molecule has 0 aliphatic carbocycles. The third-order valence-corrected chi connectivity index (χ3v) is 4.41. The first kappa shape index (κ1) is 16.1. The summed E-state index contributed by atoms with van der Waals surface area (Å²) < 4.78 is 27.8. The Morgan fingerprint density at radius 2 is 2.05 bits per heavy atom. The van der Waals surface area contributed by atoms with Crippen LogP contribution in [0.5, 0.6) is 0 Å². The number of carbonyl (C=O) groups excluding carboxylic acids is 1. The highest BCUT2D eigenvalue weighted by molar-refractivity contribution is 7.89. The number of ketones is 1. The molecule has 22 heavy (non-hydrogen) atoms. The number of Topliss-reactive ketones (excluding diaryl/α,β-unsaturated/α-hetero) is 1.